The van der Waals surface area contributed by atoms with Crippen molar-refractivity contribution in [1.82, 2.24) is 0 Å². The van der Waals surface area contributed by atoms with Gasteiger partial charge in [-0.25, -0.2) is 0 Å². The Labute approximate surface area is 297 Å². The topological polar surface area (TPSA) is 77.8 Å². The molecular formula is C42H87O4P. The average molecular weight is 687 g/mol. The van der Waals surface area contributed by atoms with Gasteiger partial charge in [-0.1, -0.05) is 188 Å². The van der Waals surface area contributed by atoms with Crippen molar-refractivity contribution in [2.75, 3.05) is 18.5 Å². The summed E-state index contributed by atoms with van der Waals surface area (Å²) in [6.07, 6.45) is 43.4. The fourth-order valence-electron chi connectivity index (χ4n) is 6.36. The average Bonchev–Trinajstić information content (AvgIpc) is 3.06. The van der Waals surface area contributed by atoms with Gasteiger partial charge in [-0.3, -0.25) is 4.79 Å². The van der Waals surface area contributed by atoms with Crippen molar-refractivity contribution >= 4 is 13.9 Å². The Morgan fingerprint density at radius 3 is 0.957 bits per heavy atom. The van der Waals surface area contributed by atoms with E-state index in [4.69, 9.17) is 5.11 Å². The molecule has 0 bridgehead atoms. The van der Waals surface area contributed by atoms with Crippen LogP contribution in [0, 0.1) is 0 Å². The van der Waals surface area contributed by atoms with E-state index >= 15 is 0 Å². The van der Waals surface area contributed by atoms with Crippen molar-refractivity contribution in [2.24, 2.45) is 0 Å². The smallest absolute Gasteiger partial charge is 0.303 e. The molecule has 3 N–H and O–H groups in total. The van der Waals surface area contributed by atoms with E-state index in [1.165, 1.54) is 141 Å². The van der Waals surface area contributed by atoms with E-state index < -0.39 is 18.2 Å². The van der Waals surface area contributed by atoms with Crippen LogP contribution in [0.2, 0.25) is 0 Å². The van der Waals surface area contributed by atoms with Crippen molar-refractivity contribution in [2.45, 2.75) is 245 Å². The standard InChI is InChI=1S/C24H51P.C18H36O4/c1-4-7-10-13-16-19-22-25(23-20-17-14-11-8-5-2)24-21-18-15-12-9-6-3;1-2-3-4-5-7-10-13-16(19)17(20)14-11-8-6-9-12-15-18(21)22/h4-24H2,1-3H3;16-17,19-20H,2-15H2,1H3,(H,21,22). The SMILES string of the molecule is CCCCCCCCC(O)C(O)CCCCCCCC(=O)O.CCCCCCCCP(CCCCCCCC)CCCCCCCC. The summed E-state index contributed by atoms with van der Waals surface area (Å²) >= 11 is 0. The minimum atomic E-state index is -0.728. The Kier molecular flexibility index (Phi) is 43.7. The highest BCUT2D eigenvalue weighted by atomic mass is 31.1. The largest absolute Gasteiger partial charge is 0.481 e. The van der Waals surface area contributed by atoms with Crippen LogP contribution < -0.4 is 0 Å². The molecule has 0 aliphatic heterocycles. The Hall–Kier alpha value is -0.180. The van der Waals surface area contributed by atoms with Crippen LogP contribution in [-0.4, -0.2) is 52.0 Å². The molecule has 0 saturated heterocycles. The number of unbranched alkanes of at least 4 members (excludes halogenated alkanes) is 24. The predicted octanol–water partition coefficient (Wildman–Crippen LogP) is 13.8. The lowest BCUT2D eigenvalue weighted by atomic mass is 9.99. The van der Waals surface area contributed by atoms with Gasteiger partial charge in [0.25, 0.3) is 0 Å². The van der Waals surface area contributed by atoms with Crippen molar-refractivity contribution < 1.29 is 20.1 Å². The molecule has 0 heterocycles. The molecule has 2 atom stereocenters. The van der Waals surface area contributed by atoms with Gasteiger partial charge in [-0.05, 0) is 57.0 Å². The van der Waals surface area contributed by atoms with Crippen LogP contribution in [0.5, 0.6) is 0 Å². The first-order valence-corrected chi connectivity index (χ1v) is 23.1. The molecule has 4 nitrogen and oxygen atoms in total. The highest BCUT2D eigenvalue weighted by molar-refractivity contribution is 7.57. The Morgan fingerprint density at radius 1 is 0.404 bits per heavy atom. The lowest BCUT2D eigenvalue weighted by molar-refractivity contribution is -0.137. The molecule has 0 aliphatic rings. The maximum atomic E-state index is 10.4. The first-order valence-electron chi connectivity index (χ1n) is 21.2. The molecule has 0 saturated carbocycles. The highest BCUT2D eigenvalue weighted by Gasteiger charge is 2.15. The van der Waals surface area contributed by atoms with E-state index in [2.05, 4.69) is 27.7 Å². The second-order valence-electron chi connectivity index (χ2n) is 14.5. The van der Waals surface area contributed by atoms with Gasteiger partial charge in [0.2, 0.25) is 0 Å². The summed E-state index contributed by atoms with van der Waals surface area (Å²) in [6.45, 7) is 9.16. The number of carboxylic acid groups (broad SMARTS) is 1. The van der Waals surface area contributed by atoms with Gasteiger partial charge >= 0.3 is 5.97 Å². The Morgan fingerprint density at radius 2 is 0.660 bits per heavy atom. The molecule has 0 rings (SSSR count). The second-order valence-corrected chi connectivity index (χ2v) is 17.2. The molecule has 5 heteroatoms. The quantitative estimate of drug-likeness (QED) is 0.0449. The van der Waals surface area contributed by atoms with Crippen LogP contribution in [0.15, 0.2) is 0 Å². The number of aliphatic carboxylic acids is 1. The lowest BCUT2D eigenvalue weighted by Gasteiger charge is -2.18. The summed E-state index contributed by atoms with van der Waals surface area (Å²) in [4.78, 5) is 10.4. The van der Waals surface area contributed by atoms with Gasteiger partial charge in [-0.2, -0.15) is 0 Å². The maximum absolute atomic E-state index is 10.4. The zero-order valence-electron chi connectivity index (χ0n) is 32.6. The number of carbonyl (C=O) groups is 1. The molecule has 0 aromatic heterocycles. The van der Waals surface area contributed by atoms with Crippen molar-refractivity contribution in [3.63, 3.8) is 0 Å². The first kappa shape index (κ1) is 48.9. The second kappa shape index (κ2) is 42.0. The van der Waals surface area contributed by atoms with E-state index in [0.717, 1.165) is 44.9 Å². The fraction of sp³-hybridized carbons (Fsp3) is 0.976. The predicted molar refractivity (Wildman–Crippen MR) is 212 cm³/mol. The van der Waals surface area contributed by atoms with E-state index in [1.807, 2.05) is 0 Å². The van der Waals surface area contributed by atoms with Crippen LogP contribution in [-0.2, 0) is 4.79 Å². The molecule has 0 aliphatic carbocycles. The Balaban J connectivity index is 0. The summed E-state index contributed by atoms with van der Waals surface area (Å²) in [5, 5.41) is 28.3. The minimum Gasteiger partial charge on any atom is -0.481 e. The molecule has 0 fully saturated rings. The third kappa shape index (κ3) is 41.9. The number of aliphatic hydroxyl groups excluding tert-OH is 2. The van der Waals surface area contributed by atoms with Crippen LogP contribution in [0.4, 0.5) is 0 Å². The monoisotopic (exact) mass is 687 g/mol. The van der Waals surface area contributed by atoms with Crippen molar-refractivity contribution in [3.8, 4) is 0 Å². The number of carboxylic acids is 1. The molecule has 0 aromatic rings. The molecular weight excluding hydrogens is 599 g/mol. The highest BCUT2D eigenvalue weighted by Crippen LogP contribution is 2.39. The zero-order valence-corrected chi connectivity index (χ0v) is 33.5. The molecule has 0 spiro atoms. The van der Waals surface area contributed by atoms with Gasteiger partial charge in [0.1, 0.15) is 0 Å². The van der Waals surface area contributed by atoms with Crippen molar-refractivity contribution in [1.29, 1.82) is 0 Å². The lowest BCUT2D eigenvalue weighted by Crippen LogP contribution is -2.25. The molecule has 0 aromatic carbocycles. The summed E-state index contributed by atoms with van der Waals surface area (Å²) in [6, 6.07) is 0. The number of aliphatic hydroxyl groups is 2. The van der Waals surface area contributed by atoms with Crippen LogP contribution in [0.3, 0.4) is 0 Å². The summed E-state index contributed by atoms with van der Waals surface area (Å²) in [7, 11) is 0.366. The van der Waals surface area contributed by atoms with E-state index in [1.54, 1.807) is 18.5 Å². The normalized spacial score (nSPS) is 12.7. The van der Waals surface area contributed by atoms with Gasteiger partial charge in [0.05, 0.1) is 12.2 Å². The summed E-state index contributed by atoms with van der Waals surface area (Å²) < 4.78 is 0. The minimum absolute atomic E-state index is 0.250. The summed E-state index contributed by atoms with van der Waals surface area (Å²) in [5.74, 6) is -0.728. The molecule has 0 radical (unpaired) electrons. The van der Waals surface area contributed by atoms with Crippen LogP contribution >= 0.6 is 7.92 Å². The van der Waals surface area contributed by atoms with E-state index in [-0.39, 0.29) is 6.42 Å². The molecule has 47 heavy (non-hydrogen) atoms. The van der Waals surface area contributed by atoms with E-state index in [9.17, 15) is 15.0 Å². The maximum Gasteiger partial charge on any atom is 0.303 e. The summed E-state index contributed by atoms with van der Waals surface area (Å²) in [5.41, 5.74) is 0. The van der Waals surface area contributed by atoms with E-state index in [0.29, 0.717) is 20.8 Å². The number of rotatable bonds is 37. The van der Waals surface area contributed by atoms with Crippen LogP contribution in [0.1, 0.15) is 233 Å². The molecule has 284 valence electrons. The number of hydrogen-bond donors (Lipinski definition) is 3. The van der Waals surface area contributed by atoms with Crippen LogP contribution in [0.25, 0.3) is 0 Å². The molecule has 0 amide bonds. The van der Waals surface area contributed by atoms with Gasteiger partial charge in [0.15, 0.2) is 0 Å². The van der Waals surface area contributed by atoms with Crippen molar-refractivity contribution in [3.05, 3.63) is 0 Å². The fourth-order valence-corrected chi connectivity index (χ4v) is 9.04. The third-order valence-corrected chi connectivity index (χ3v) is 12.5. The van der Waals surface area contributed by atoms with Gasteiger partial charge < -0.3 is 15.3 Å². The zero-order chi connectivity index (χ0) is 35.1. The Bertz CT molecular complexity index is 549. The number of hydrogen-bond acceptors (Lipinski definition) is 3. The van der Waals surface area contributed by atoms with Gasteiger partial charge in [-0.15, -0.1) is 7.92 Å². The molecule has 2 unspecified atom stereocenters. The first-order chi connectivity index (χ1) is 22.9. The van der Waals surface area contributed by atoms with Gasteiger partial charge in [0, 0.05) is 6.42 Å². The third-order valence-electron chi connectivity index (χ3n) is 9.67.